The SMILES string of the molecule is COC(OC)c1ccc(S)cc1. The molecule has 1 rings (SSSR count). The zero-order chi connectivity index (χ0) is 8.97. The molecule has 0 amide bonds. The first-order valence-corrected chi connectivity index (χ1v) is 4.07. The summed E-state index contributed by atoms with van der Waals surface area (Å²) in [5.41, 5.74) is 0.998. The van der Waals surface area contributed by atoms with Crippen molar-refractivity contribution in [3.63, 3.8) is 0 Å². The molecule has 1 aromatic carbocycles. The van der Waals surface area contributed by atoms with Crippen molar-refractivity contribution in [2.24, 2.45) is 0 Å². The quantitative estimate of drug-likeness (QED) is 0.574. The summed E-state index contributed by atoms with van der Waals surface area (Å²) >= 11 is 4.18. The molecular weight excluding hydrogens is 172 g/mol. The van der Waals surface area contributed by atoms with Crippen LogP contribution in [0.2, 0.25) is 0 Å². The normalized spacial score (nSPS) is 10.7. The zero-order valence-electron chi connectivity index (χ0n) is 7.15. The summed E-state index contributed by atoms with van der Waals surface area (Å²) in [5.74, 6) is 0. The van der Waals surface area contributed by atoms with Gasteiger partial charge in [0.2, 0.25) is 0 Å². The second-order valence-corrected chi connectivity index (χ2v) is 2.91. The molecule has 0 spiro atoms. The Morgan fingerprint density at radius 2 is 1.58 bits per heavy atom. The molecule has 0 atom stereocenters. The smallest absolute Gasteiger partial charge is 0.183 e. The maximum absolute atomic E-state index is 5.08. The van der Waals surface area contributed by atoms with Crippen LogP contribution in [0.15, 0.2) is 29.2 Å². The van der Waals surface area contributed by atoms with Gasteiger partial charge in [-0.25, -0.2) is 0 Å². The third-order valence-corrected chi connectivity index (χ3v) is 1.89. The van der Waals surface area contributed by atoms with Crippen molar-refractivity contribution >= 4 is 12.6 Å². The van der Waals surface area contributed by atoms with Gasteiger partial charge in [0.05, 0.1) is 0 Å². The lowest BCUT2D eigenvalue weighted by Crippen LogP contribution is -2.02. The number of hydrogen-bond acceptors (Lipinski definition) is 3. The molecule has 0 aromatic heterocycles. The van der Waals surface area contributed by atoms with Crippen LogP contribution in [0.4, 0.5) is 0 Å². The fraction of sp³-hybridized carbons (Fsp3) is 0.333. The Morgan fingerprint density at radius 1 is 1.08 bits per heavy atom. The van der Waals surface area contributed by atoms with E-state index in [9.17, 15) is 0 Å². The molecule has 0 saturated carbocycles. The Morgan fingerprint density at radius 3 is 2.00 bits per heavy atom. The van der Waals surface area contributed by atoms with Gasteiger partial charge in [-0.1, -0.05) is 12.1 Å². The predicted octanol–water partition coefficient (Wildman–Crippen LogP) is 2.27. The second kappa shape index (κ2) is 4.50. The first kappa shape index (κ1) is 9.58. The van der Waals surface area contributed by atoms with E-state index in [1.54, 1.807) is 14.2 Å². The van der Waals surface area contributed by atoms with E-state index in [2.05, 4.69) is 12.6 Å². The summed E-state index contributed by atoms with van der Waals surface area (Å²) in [5, 5.41) is 0. The minimum absolute atomic E-state index is 0.279. The molecular formula is C9H12O2S. The van der Waals surface area contributed by atoms with Gasteiger partial charge in [-0.2, -0.15) is 0 Å². The van der Waals surface area contributed by atoms with Gasteiger partial charge in [0.25, 0.3) is 0 Å². The van der Waals surface area contributed by atoms with E-state index in [1.165, 1.54) is 0 Å². The average molecular weight is 184 g/mol. The summed E-state index contributed by atoms with van der Waals surface area (Å²) in [7, 11) is 3.23. The minimum atomic E-state index is -0.279. The van der Waals surface area contributed by atoms with Crippen molar-refractivity contribution in [2.75, 3.05) is 14.2 Å². The number of hydrogen-bond donors (Lipinski definition) is 1. The molecule has 2 nitrogen and oxygen atoms in total. The summed E-state index contributed by atoms with van der Waals surface area (Å²) in [6, 6.07) is 7.67. The van der Waals surface area contributed by atoms with Crippen LogP contribution in [0.1, 0.15) is 11.9 Å². The van der Waals surface area contributed by atoms with Crippen molar-refractivity contribution in [3.8, 4) is 0 Å². The maximum Gasteiger partial charge on any atom is 0.183 e. The summed E-state index contributed by atoms with van der Waals surface area (Å²) in [4.78, 5) is 0.935. The van der Waals surface area contributed by atoms with E-state index < -0.39 is 0 Å². The van der Waals surface area contributed by atoms with Crippen LogP contribution in [-0.2, 0) is 9.47 Å². The number of rotatable bonds is 3. The molecule has 0 aliphatic heterocycles. The standard InChI is InChI=1S/C9H12O2S/c1-10-9(11-2)7-3-5-8(12)6-4-7/h3-6,9,12H,1-2H3. The maximum atomic E-state index is 5.08. The highest BCUT2D eigenvalue weighted by Crippen LogP contribution is 2.18. The Balaban J connectivity index is 2.80. The van der Waals surface area contributed by atoms with Gasteiger partial charge in [0, 0.05) is 24.7 Å². The van der Waals surface area contributed by atoms with Gasteiger partial charge in [0.1, 0.15) is 0 Å². The summed E-state index contributed by atoms with van der Waals surface area (Å²) in [6.07, 6.45) is -0.279. The number of thiol groups is 1. The molecule has 0 heterocycles. The third kappa shape index (κ3) is 2.24. The third-order valence-electron chi connectivity index (χ3n) is 1.59. The van der Waals surface area contributed by atoms with Gasteiger partial charge >= 0.3 is 0 Å². The molecule has 0 radical (unpaired) electrons. The van der Waals surface area contributed by atoms with Gasteiger partial charge in [0.15, 0.2) is 6.29 Å². The molecule has 12 heavy (non-hydrogen) atoms. The lowest BCUT2D eigenvalue weighted by Gasteiger charge is -2.13. The van der Waals surface area contributed by atoms with Crippen LogP contribution < -0.4 is 0 Å². The highest BCUT2D eigenvalue weighted by atomic mass is 32.1. The van der Waals surface area contributed by atoms with Crippen LogP contribution in [0.3, 0.4) is 0 Å². The highest BCUT2D eigenvalue weighted by Gasteiger charge is 2.06. The monoisotopic (exact) mass is 184 g/mol. The fourth-order valence-electron chi connectivity index (χ4n) is 1.000. The minimum Gasteiger partial charge on any atom is -0.352 e. The van der Waals surface area contributed by atoms with Gasteiger partial charge in [-0.05, 0) is 12.1 Å². The number of ether oxygens (including phenoxy) is 2. The average Bonchev–Trinajstić information content (AvgIpc) is 2.10. The van der Waals surface area contributed by atoms with Gasteiger partial charge in [-0.3, -0.25) is 0 Å². The molecule has 0 fully saturated rings. The van der Waals surface area contributed by atoms with Crippen molar-refractivity contribution in [3.05, 3.63) is 29.8 Å². The molecule has 0 aliphatic rings. The topological polar surface area (TPSA) is 18.5 Å². The molecule has 3 heteroatoms. The van der Waals surface area contributed by atoms with Gasteiger partial charge < -0.3 is 9.47 Å². The van der Waals surface area contributed by atoms with Crippen molar-refractivity contribution in [1.29, 1.82) is 0 Å². The van der Waals surface area contributed by atoms with Crippen LogP contribution in [0.25, 0.3) is 0 Å². The molecule has 0 N–H and O–H groups in total. The van der Waals surface area contributed by atoms with E-state index in [0.29, 0.717) is 0 Å². The first-order chi connectivity index (χ1) is 5.77. The van der Waals surface area contributed by atoms with E-state index in [0.717, 1.165) is 10.5 Å². The van der Waals surface area contributed by atoms with E-state index >= 15 is 0 Å². The second-order valence-electron chi connectivity index (χ2n) is 2.39. The lowest BCUT2D eigenvalue weighted by molar-refractivity contribution is -0.106. The Labute approximate surface area is 77.9 Å². The first-order valence-electron chi connectivity index (χ1n) is 3.62. The number of benzene rings is 1. The molecule has 0 aliphatic carbocycles. The fourth-order valence-corrected chi connectivity index (χ4v) is 1.15. The summed E-state index contributed by atoms with van der Waals surface area (Å²) in [6.45, 7) is 0. The highest BCUT2D eigenvalue weighted by molar-refractivity contribution is 7.80. The van der Waals surface area contributed by atoms with E-state index in [-0.39, 0.29) is 6.29 Å². The van der Waals surface area contributed by atoms with Crippen LogP contribution in [0, 0.1) is 0 Å². The van der Waals surface area contributed by atoms with Crippen LogP contribution >= 0.6 is 12.6 Å². The van der Waals surface area contributed by atoms with E-state index in [1.807, 2.05) is 24.3 Å². The largest absolute Gasteiger partial charge is 0.352 e. The van der Waals surface area contributed by atoms with Gasteiger partial charge in [-0.15, -0.1) is 12.6 Å². The molecule has 66 valence electrons. The van der Waals surface area contributed by atoms with Crippen molar-refractivity contribution < 1.29 is 9.47 Å². The number of methoxy groups -OCH3 is 2. The summed E-state index contributed by atoms with van der Waals surface area (Å²) < 4.78 is 10.2. The Bertz CT molecular complexity index is 229. The Hall–Kier alpha value is -0.510. The van der Waals surface area contributed by atoms with E-state index in [4.69, 9.17) is 9.47 Å². The molecule has 0 saturated heterocycles. The van der Waals surface area contributed by atoms with Crippen LogP contribution in [0.5, 0.6) is 0 Å². The Kier molecular flexibility index (Phi) is 3.59. The molecule has 0 unspecified atom stereocenters. The molecule has 1 aromatic rings. The predicted molar refractivity (Wildman–Crippen MR) is 50.5 cm³/mol. The molecule has 0 bridgehead atoms. The zero-order valence-corrected chi connectivity index (χ0v) is 8.04. The lowest BCUT2D eigenvalue weighted by atomic mass is 10.2. The van der Waals surface area contributed by atoms with Crippen molar-refractivity contribution in [1.82, 2.24) is 0 Å². The van der Waals surface area contributed by atoms with Crippen LogP contribution in [-0.4, -0.2) is 14.2 Å². The van der Waals surface area contributed by atoms with Crippen molar-refractivity contribution in [2.45, 2.75) is 11.2 Å².